The van der Waals surface area contributed by atoms with Crippen LogP contribution in [0.3, 0.4) is 0 Å². The molecular weight excluding hydrogens is 429 g/mol. The summed E-state index contributed by atoms with van der Waals surface area (Å²) in [7, 11) is 0. The average Bonchev–Trinajstić information content (AvgIpc) is 3.47. The van der Waals surface area contributed by atoms with E-state index in [1.165, 1.54) is 24.5 Å². The van der Waals surface area contributed by atoms with E-state index in [-0.39, 0.29) is 35.8 Å². The Hall–Kier alpha value is -3.08. The Bertz CT molecular complexity index is 1000. The van der Waals surface area contributed by atoms with Crippen LogP contribution in [0.4, 0.5) is 19.1 Å². The van der Waals surface area contributed by atoms with E-state index in [1.807, 2.05) is 0 Å². The van der Waals surface area contributed by atoms with Crippen molar-refractivity contribution in [1.29, 1.82) is 0 Å². The fourth-order valence-corrected chi connectivity index (χ4v) is 3.73. The molecule has 1 amide bonds. The van der Waals surface area contributed by atoms with E-state index in [0.29, 0.717) is 36.6 Å². The van der Waals surface area contributed by atoms with Crippen LogP contribution in [-0.4, -0.2) is 58.5 Å². The van der Waals surface area contributed by atoms with E-state index in [4.69, 9.17) is 9.47 Å². The Morgan fingerprint density at radius 3 is 2.47 bits per heavy atom. The topological polar surface area (TPSA) is 85.8 Å². The lowest BCUT2D eigenvalue weighted by molar-refractivity contribution is -0.274. The molecule has 0 unspecified atom stereocenters. The number of anilines is 1. The smallest absolute Gasteiger partial charge is 0.490 e. The number of amides is 1. The molecule has 2 aliphatic heterocycles. The first-order valence-electron chi connectivity index (χ1n) is 10.3. The Labute approximate surface area is 181 Å². The third-order valence-electron chi connectivity index (χ3n) is 5.71. The van der Waals surface area contributed by atoms with Gasteiger partial charge in [-0.25, -0.2) is 9.97 Å². The van der Waals surface area contributed by atoms with Crippen LogP contribution in [0.2, 0.25) is 0 Å². The molecule has 0 bridgehead atoms. The molecule has 1 spiro atoms. The maximum atomic E-state index is 12.7. The molecule has 3 fully saturated rings. The van der Waals surface area contributed by atoms with Crippen LogP contribution < -0.4 is 14.8 Å². The zero-order valence-electron chi connectivity index (χ0n) is 17.0. The van der Waals surface area contributed by atoms with Crippen LogP contribution in [0.5, 0.6) is 11.5 Å². The molecule has 1 aromatic heterocycles. The van der Waals surface area contributed by atoms with Crippen molar-refractivity contribution < 1.29 is 32.2 Å². The summed E-state index contributed by atoms with van der Waals surface area (Å²) in [5, 5.41) is 2.95. The van der Waals surface area contributed by atoms with Gasteiger partial charge in [-0.1, -0.05) is 0 Å². The van der Waals surface area contributed by atoms with Crippen LogP contribution in [0, 0.1) is 0 Å². The maximum absolute atomic E-state index is 12.7. The molecule has 1 N–H and O–H groups in total. The van der Waals surface area contributed by atoms with E-state index in [1.54, 1.807) is 11.0 Å². The van der Waals surface area contributed by atoms with Crippen molar-refractivity contribution in [3.05, 3.63) is 41.7 Å². The van der Waals surface area contributed by atoms with Gasteiger partial charge in [-0.15, -0.1) is 13.2 Å². The van der Waals surface area contributed by atoms with Crippen molar-refractivity contribution in [3.8, 4) is 11.5 Å². The lowest BCUT2D eigenvalue weighted by Crippen LogP contribution is -2.72. The fourth-order valence-electron chi connectivity index (χ4n) is 3.73. The maximum Gasteiger partial charge on any atom is 0.573 e. The first-order valence-corrected chi connectivity index (χ1v) is 10.3. The normalized spacial score (nSPS) is 19.2. The summed E-state index contributed by atoms with van der Waals surface area (Å²) >= 11 is 0. The second-order valence-electron chi connectivity index (χ2n) is 8.25. The third-order valence-corrected chi connectivity index (χ3v) is 5.71. The minimum absolute atomic E-state index is 0.0300. The molecule has 170 valence electrons. The number of likely N-dealkylation sites (tertiary alicyclic amines) is 1. The van der Waals surface area contributed by atoms with E-state index in [2.05, 4.69) is 20.0 Å². The quantitative estimate of drug-likeness (QED) is 0.694. The van der Waals surface area contributed by atoms with Gasteiger partial charge in [0.15, 0.2) is 0 Å². The monoisotopic (exact) mass is 450 g/mol. The van der Waals surface area contributed by atoms with Crippen LogP contribution in [-0.2, 0) is 11.3 Å². The molecule has 8 nitrogen and oxygen atoms in total. The summed E-state index contributed by atoms with van der Waals surface area (Å²) in [6.45, 7) is 1.95. The number of alkyl halides is 3. The number of nitrogens with zero attached hydrogens (tertiary/aromatic N) is 3. The second kappa shape index (κ2) is 7.80. The molecule has 0 radical (unpaired) electrons. The molecular formula is C21H21F3N4O4. The van der Waals surface area contributed by atoms with E-state index in [0.717, 1.165) is 19.3 Å². The van der Waals surface area contributed by atoms with Gasteiger partial charge in [0.05, 0.1) is 30.4 Å². The second-order valence-corrected chi connectivity index (χ2v) is 8.25. The van der Waals surface area contributed by atoms with Crippen LogP contribution >= 0.6 is 0 Å². The van der Waals surface area contributed by atoms with Crippen LogP contribution in [0.15, 0.2) is 30.6 Å². The molecule has 2 saturated heterocycles. The van der Waals surface area contributed by atoms with Gasteiger partial charge < -0.3 is 24.4 Å². The number of hydrogen-bond acceptors (Lipinski definition) is 7. The van der Waals surface area contributed by atoms with Gasteiger partial charge in [0, 0.05) is 31.5 Å². The van der Waals surface area contributed by atoms with Crippen molar-refractivity contribution >= 4 is 11.9 Å². The van der Waals surface area contributed by atoms with Crippen molar-refractivity contribution in [2.45, 2.75) is 43.8 Å². The highest BCUT2D eigenvalue weighted by atomic mass is 19.4. The summed E-state index contributed by atoms with van der Waals surface area (Å²) in [5.41, 5.74) is 0.721. The minimum atomic E-state index is -4.80. The number of rotatable bonds is 7. The van der Waals surface area contributed by atoms with Gasteiger partial charge in [0.25, 0.3) is 5.91 Å². The Kier molecular flexibility index (Phi) is 5.07. The lowest BCUT2D eigenvalue weighted by atomic mass is 9.82. The molecule has 2 aromatic rings. The summed E-state index contributed by atoms with van der Waals surface area (Å²) in [5.74, 6) is 0.0812. The van der Waals surface area contributed by atoms with Gasteiger partial charge in [0.2, 0.25) is 5.95 Å². The van der Waals surface area contributed by atoms with Gasteiger partial charge in [-0.2, -0.15) is 0 Å². The van der Waals surface area contributed by atoms with Crippen molar-refractivity contribution in [3.63, 3.8) is 0 Å². The molecule has 3 heterocycles. The average molecular weight is 450 g/mol. The number of carbonyl (C=O) groups excluding carboxylic acids is 1. The predicted molar refractivity (Wildman–Crippen MR) is 105 cm³/mol. The molecule has 1 aliphatic carbocycles. The van der Waals surface area contributed by atoms with E-state index >= 15 is 0 Å². The van der Waals surface area contributed by atoms with Gasteiger partial charge in [-0.05, 0) is 37.0 Å². The molecule has 32 heavy (non-hydrogen) atoms. The summed E-state index contributed by atoms with van der Waals surface area (Å²) in [4.78, 5) is 22.8. The first-order chi connectivity index (χ1) is 15.3. The van der Waals surface area contributed by atoms with Crippen LogP contribution in [0.25, 0.3) is 0 Å². The number of halogens is 3. The summed E-state index contributed by atoms with van der Waals surface area (Å²) < 4.78 is 52.9. The fraction of sp³-hybridized carbons (Fsp3) is 0.476. The standard InChI is InChI=1S/C21H21F3N4O4/c22-21(23,24)32-17-6-13(5-16(7-17)31-15-1-2-15)8-25-19-26-9-14(10-27-19)18(29)28-4-3-20(28)11-30-12-20/h5-7,9-10,15H,1-4,8,11-12H2,(H,25,26,27). The molecule has 11 heteroatoms. The van der Waals surface area contributed by atoms with Gasteiger partial charge in [-0.3, -0.25) is 4.79 Å². The number of aromatic nitrogens is 2. The summed E-state index contributed by atoms with van der Waals surface area (Å²) in [6.07, 6.45) is 0.799. The number of nitrogens with one attached hydrogen (secondary N) is 1. The van der Waals surface area contributed by atoms with E-state index in [9.17, 15) is 18.0 Å². The van der Waals surface area contributed by atoms with Crippen molar-refractivity contribution in [2.24, 2.45) is 0 Å². The molecule has 3 aliphatic rings. The highest BCUT2D eigenvalue weighted by Crippen LogP contribution is 2.38. The third kappa shape index (κ3) is 4.43. The largest absolute Gasteiger partial charge is 0.573 e. The molecule has 0 atom stereocenters. The Balaban J connectivity index is 1.23. The zero-order valence-corrected chi connectivity index (χ0v) is 17.0. The number of benzene rings is 1. The SMILES string of the molecule is O=C(c1cnc(NCc2cc(OC3CC3)cc(OC(F)(F)F)c2)nc1)N1CCC12COC2. The molecule has 1 aromatic carbocycles. The van der Waals surface area contributed by atoms with Crippen molar-refractivity contribution in [1.82, 2.24) is 14.9 Å². The predicted octanol–water partition coefficient (Wildman–Crippen LogP) is 3.14. The number of ether oxygens (including phenoxy) is 3. The van der Waals surface area contributed by atoms with Crippen molar-refractivity contribution in [2.75, 3.05) is 25.1 Å². The lowest BCUT2D eigenvalue weighted by Gasteiger charge is -2.57. The summed E-state index contributed by atoms with van der Waals surface area (Å²) in [6, 6.07) is 4.15. The zero-order chi connectivity index (χ0) is 22.3. The first kappa shape index (κ1) is 20.8. The highest BCUT2D eigenvalue weighted by Gasteiger charge is 2.53. The Morgan fingerprint density at radius 1 is 1.19 bits per heavy atom. The molecule has 1 saturated carbocycles. The minimum Gasteiger partial charge on any atom is -0.490 e. The number of hydrogen-bond donors (Lipinski definition) is 1. The van der Waals surface area contributed by atoms with E-state index < -0.39 is 6.36 Å². The molecule has 5 rings (SSSR count). The van der Waals surface area contributed by atoms with Crippen LogP contribution in [0.1, 0.15) is 35.2 Å². The Morgan fingerprint density at radius 2 is 1.91 bits per heavy atom. The van der Waals surface area contributed by atoms with Gasteiger partial charge in [0.1, 0.15) is 11.5 Å². The van der Waals surface area contributed by atoms with Gasteiger partial charge >= 0.3 is 6.36 Å². The highest BCUT2D eigenvalue weighted by molar-refractivity contribution is 5.95. The number of carbonyl (C=O) groups is 1.